The van der Waals surface area contributed by atoms with E-state index in [1.54, 1.807) is 6.92 Å². The molecule has 4 atom stereocenters. The van der Waals surface area contributed by atoms with Crippen LogP contribution in [0.3, 0.4) is 0 Å². The number of amides is 2. The van der Waals surface area contributed by atoms with Crippen molar-refractivity contribution in [2.45, 2.75) is 56.9 Å². The molecule has 0 aromatic heterocycles. The molecule has 3 N–H and O–H groups in total. The SMILES string of the molecule is CCS(=O)C1CCCCC1NC(=O)NC(C)CO. The van der Waals surface area contributed by atoms with E-state index in [0.29, 0.717) is 5.75 Å². The highest BCUT2D eigenvalue weighted by molar-refractivity contribution is 7.85. The molecule has 18 heavy (non-hydrogen) atoms. The standard InChI is InChI=1S/C12H24N2O3S/c1-3-18(17)11-7-5-4-6-10(11)14-12(16)13-9(2)8-15/h9-11,15H,3-8H2,1-2H3,(H2,13,14,16). The molecule has 1 aliphatic carbocycles. The van der Waals surface area contributed by atoms with Crippen molar-refractivity contribution >= 4 is 16.8 Å². The molecule has 106 valence electrons. The molecular weight excluding hydrogens is 252 g/mol. The Labute approximate surface area is 111 Å². The third kappa shape index (κ3) is 4.57. The number of nitrogens with one attached hydrogen (secondary N) is 2. The van der Waals surface area contributed by atoms with Crippen molar-refractivity contribution in [1.29, 1.82) is 0 Å². The van der Waals surface area contributed by atoms with Crippen LogP contribution in [0.2, 0.25) is 0 Å². The maximum absolute atomic E-state index is 11.9. The molecule has 1 saturated carbocycles. The molecule has 0 aliphatic heterocycles. The van der Waals surface area contributed by atoms with Crippen LogP contribution in [0, 0.1) is 0 Å². The molecule has 0 bridgehead atoms. The van der Waals surface area contributed by atoms with Crippen molar-refractivity contribution in [3.05, 3.63) is 0 Å². The summed E-state index contributed by atoms with van der Waals surface area (Å²) >= 11 is 0. The number of carbonyl (C=O) groups is 1. The van der Waals surface area contributed by atoms with E-state index in [1.165, 1.54) is 0 Å². The highest BCUT2D eigenvalue weighted by Gasteiger charge is 2.30. The van der Waals surface area contributed by atoms with Crippen LogP contribution in [0.4, 0.5) is 4.79 Å². The fourth-order valence-corrected chi connectivity index (χ4v) is 3.70. The van der Waals surface area contributed by atoms with E-state index >= 15 is 0 Å². The zero-order valence-corrected chi connectivity index (χ0v) is 12.0. The fourth-order valence-electron chi connectivity index (χ4n) is 2.27. The van der Waals surface area contributed by atoms with Gasteiger partial charge in [0.1, 0.15) is 0 Å². The number of rotatable bonds is 5. The minimum Gasteiger partial charge on any atom is -0.394 e. The highest BCUT2D eigenvalue weighted by atomic mass is 32.2. The van der Waals surface area contributed by atoms with Crippen molar-refractivity contribution in [1.82, 2.24) is 10.6 Å². The quantitative estimate of drug-likeness (QED) is 0.693. The Bertz CT molecular complexity index is 299. The molecule has 6 heteroatoms. The van der Waals surface area contributed by atoms with Gasteiger partial charge in [-0.05, 0) is 19.8 Å². The van der Waals surface area contributed by atoms with E-state index in [4.69, 9.17) is 5.11 Å². The minimum atomic E-state index is -0.866. The summed E-state index contributed by atoms with van der Waals surface area (Å²) in [4.78, 5) is 11.7. The number of aliphatic hydroxyl groups excluding tert-OH is 1. The maximum atomic E-state index is 11.9. The number of aliphatic hydroxyl groups is 1. The summed E-state index contributed by atoms with van der Waals surface area (Å²) in [7, 11) is -0.866. The molecule has 0 aromatic carbocycles. The van der Waals surface area contributed by atoms with Crippen LogP contribution >= 0.6 is 0 Å². The lowest BCUT2D eigenvalue weighted by atomic mass is 9.95. The van der Waals surface area contributed by atoms with Crippen molar-refractivity contribution < 1.29 is 14.1 Å². The highest BCUT2D eigenvalue weighted by Crippen LogP contribution is 2.23. The van der Waals surface area contributed by atoms with Gasteiger partial charge in [-0.3, -0.25) is 4.21 Å². The van der Waals surface area contributed by atoms with Crippen molar-refractivity contribution in [3.8, 4) is 0 Å². The summed E-state index contributed by atoms with van der Waals surface area (Å²) in [5.74, 6) is 0.636. The van der Waals surface area contributed by atoms with Crippen LogP contribution in [0.25, 0.3) is 0 Å². The Balaban J connectivity index is 2.51. The Morgan fingerprint density at radius 3 is 2.72 bits per heavy atom. The summed E-state index contributed by atoms with van der Waals surface area (Å²) in [5.41, 5.74) is 0. The first-order chi connectivity index (χ1) is 8.58. The summed E-state index contributed by atoms with van der Waals surface area (Å²) in [6.45, 7) is 3.57. The molecule has 1 fully saturated rings. The molecule has 0 spiro atoms. The summed E-state index contributed by atoms with van der Waals surface area (Å²) in [5, 5.41) is 14.5. The van der Waals surface area contributed by atoms with Crippen LogP contribution < -0.4 is 10.6 Å². The molecule has 0 heterocycles. The second-order valence-corrected chi connectivity index (χ2v) is 6.74. The van der Waals surface area contributed by atoms with Gasteiger partial charge in [-0.1, -0.05) is 19.8 Å². The number of carbonyl (C=O) groups excluding carboxylic acids is 1. The van der Waals surface area contributed by atoms with Crippen LogP contribution in [0.15, 0.2) is 0 Å². The number of hydrogen-bond acceptors (Lipinski definition) is 3. The molecule has 2 amide bonds. The van der Waals surface area contributed by atoms with E-state index in [-0.39, 0.29) is 30.0 Å². The molecule has 5 nitrogen and oxygen atoms in total. The molecule has 0 saturated heterocycles. The first kappa shape index (κ1) is 15.4. The largest absolute Gasteiger partial charge is 0.394 e. The van der Waals surface area contributed by atoms with Gasteiger partial charge in [0.05, 0.1) is 17.9 Å². The van der Waals surface area contributed by atoms with Crippen molar-refractivity contribution in [3.63, 3.8) is 0 Å². The topological polar surface area (TPSA) is 78.4 Å². The first-order valence-corrected chi connectivity index (χ1v) is 8.01. The third-order valence-corrected chi connectivity index (χ3v) is 5.10. The smallest absolute Gasteiger partial charge is 0.315 e. The van der Waals surface area contributed by atoms with Gasteiger partial charge in [0, 0.05) is 22.6 Å². The van der Waals surface area contributed by atoms with E-state index in [1.807, 2.05) is 6.92 Å². The number of hydrogen-bond donors (Lipinski definition) is 3. The van der Waals surface area contributed by atoms with Gasteiger partial charge in [-0.2, -0.15) is 0 Å². The summed E-state index contributed by atoms with van der Waals surface area (Å²) in [6, 6.07) is -0.546. The molecular formula is C12H24N2O3S. The van der Waals surface area contributed by atoms with E-state index in [2.05, 4.69) is 10.6 Å². The Morgan fingerprint density at radius 1 is 1.44 bits per heavy atom. The normalized spacial score (nSPS) is 27.3. The van der Waals surface area contributed by atoms with Gasteiger partial charge in [0.15, 0.2) is 0 Å². The Kier molecular flexibility index (Phi) is 6.63. The first-order valence-electron chi connectivity index (χ1n) is 6.63. The Morgan fingerprint density at radius 2 is 2.11 bits per heavy atom. The van der Waals surface area contributed by atoms with Crippen LogP contribution in [0.1, 0.15) is 39.5 Å². The second kappa shape index (κ2) is 7.74. The van der Waals surface area contributed by atoms with Crippen molar-refractivity contribution in [2.75, 3.05) is 12.4 Å². The maximum Gasteiger partial charge on any atom is 0.315 e. The molecule has 0 aromatic rings. The lowest BCUT2D eigenvalue weighted by Gasteiger charge is -2.31. The molecule has 1 aliphatic rings. The van der Waals surface area contributed by atoms with Gasteiger partial charge in [-0.25, -0.2) is 4.79 Å². The van der Waals surface area contributed by atoms with Gasteiger partial charge in [-0.15, -0.1) is 0 Å². The van der Waals surface area contributed by atoms with Crippen LogP contribution in [0.5, 0.6) is 0 Å². The average molecular weight is 276 g/mol. The lowest BCUT2D eigenvalue weighted by molar-refractivity contribution is 0.215. The summed E-state index contributed by atoms with van der Waals surface area (Å²) in [6.07, 6.45) is 3.96. The number of urea groups is 1. The van der Waals surface area contributed by atoms with Crippen LogP contribution in [-0.2, 0) is 10.8 Å². The fraction of sp³-hybridized carbons (Fsp3) is 0.917. The minimum absolute atomic E-state index is 0.00886. The average Bonchev–Trinajstić information content (AvgIpc) is 2.38. The Hall–Kier alpha value is -0.620. The van der Waals surface area contributed by atoms with Gasteiger partial charge in [0.2, 0.25) is 0 Å². The predicted octanol–water partition coefficient (Wildman–Crippen LogP) is 0.746. The third-order valence-electron chi connectivity index (χ3n) is 3.29. The van der Waals surface area contributed by atoms with E-state index in [9.17, 15) is 9.00 Å². The lowest BCUT2D eigenvalue weighted by Crippen LogP contribution is -2.52. The van der Waals surface area contributed by atoms with Gasteiger partial charge < -0.3 is 15.7 Å². The second-order valence-electron chi connectivity index (χ2n) is 4.80. The predicted molar refractivity (Wildman–Crippen MR) is 72.9 cm³/mol. The van der Waals surface area contributed by atoms with E-state index < -0.39 is 10.8 Å². The zero-order chi connectivity index (χ0) is 13.5. The monoisotopic (exact) mass is 276 g/mol. The van der Waals surface area contributed by atoms with Crippen molar-refractivity contribution in [2.24, 2.45) is 0 Å². The van der Waals surface area contributed by atoms with E-state index in [0.717, 1.165) is 25.7 Å². The molecule has 1 rings (SSSR count). The summed E-state index contributed by atoms with van der Waals surface area (Å²) < 4.78 is 11.9. The zero-order valence-electron chi connectivity index (χ0n) is 11.1. The molecule has 0 radical (unpaired) electrons. The molecule has 4 unspecified atom stereocenters. The van der Waals surface area contributed by atoms with Gasteiger partial charge in [0.25, 0.3) is 0 Å². The van der Waals surface area contributed by atoms with Gasteiger partial charge >= 0.3 is 6.03 Å². The van der Waals surface area contributed by atoms with Crippen LogP contribution in [-0.4, -0.2) is 45.0 Å².